The van der Waals surface area contributed by atoms with E-state index in [4.69, 9.17) is 0 Å². The summed E-state index contributed by atoms with van der Waals surface area (Å²) in [4.78, 5) is 12.2. The van der Waals surface area contributed by atoms with Crippen LogP contribution in [0, 0.1) is 5.92 Å². The summed E-state index contributed by atoms with van der Waals surface area (Å²) in [6, 6.07) is 8.61. The van der Waals surface area contributed by atoms with E-state index in [0.29, 0.717) is 12.0 Å². The van der Waals surface area contributed by atoms with Crippen LogP contribution in [0.2, 0.25) is 0 Å². The lowest BCUT2D eigenvalue weighted by Crippen LogP contribution is -2.40. The molecule has 1 amide bonds. The molecule has 3 nitrogen and oxygen atoms in total. The fraction of sp³-hybridized carbons (Fsp3) is 0.562. The highest BCUT2D eigenvalue weighted by Crippen LogP contribution is 2.20. The largest absolute Gasteiger partial charge is 0.326 e. The predicted octanol–water partition coefficient (Wildman–Crippen LogP) is 3.56. The van der Waals surface area contributed by atoms with Gasteiger partial charge in [-0.3, -0.25) is 4.79 Å². The molecule has 1 aliphatic heterocycles. The SMILES string of the molecule is CC(C)c1ccc(NC(=O)[C@H]2CCN[C@@H](C)C2)cc1.Cl. The third-order valence-electron chi connectivity index (χ3n) is 3.84. The molecule has 2 rings (SSSR count). The van der Waals surface area contributed by atoms with Gasteiger partial charge < -0.3 is 10.6 Å². The van der Waals surface area contributed by atoms with Crippen molar-refractivity contribution in [3.05, 3.63) is 29.8 Å². The summed E-state index contributed by atoms with van der Waals surface area (Å²) >= 11 is 0. The summed E-state index contributed by atoms with van der Waals surface area (Å²) in [5.41, 5.74) is 2.20. The second-order valence-corrected chi connectivity index (χ2v) is 5.84. The van der Waals surface area contributed by atoms with E-state index in [-0.39, 0.29) is 24.2 Å². The average molecular weight is 297 g/mol. The van der Waals surface area contributed by atoms with Crippen molar-refractivity contribution < 1.29 is 4.79 Å². The maximum absolute atomic E-state index is 12.2. The van der Waals surface area contributed by atoms with Crippen LogP contribution in [-0.4, -0.2) is 18.5 Å². The maximum atomic E-state index is 12.2. The Morgan fingerprint density at radius 2 is 1.95 bits per heavy atom. The topological polar surface area (TPSA) is 41.1 Å². The van der Waals surface area contributed by atoms with Gasteiger partial charge in [0.1, 0.15) is 0 Å². The summed E-state index contributed by atoms with van der Waals surface area (Å²) < 4.78 is 0. The molecule has 0 saturated carbocycles. The molecule has 1 fully saturated rings. The Balaban J connectivity index is 0.00000200. The zero-order valence-electron chi connectivity index (χ0n) is 12.5. The Bertz CT molecular complexity index is 431. The smallest absolute Gasteiger partial charge is 0.227 e. The lowest BCUT2D eigenvalue weighted by atomic mass is 9.92. The number of hydrogen-bond donors (Lipinski definition) is 2. The van der Waals surface area contributed by atoms with Crippen molar-refractivity contribution in [3.8, 4) is 0 Å². The zero-order chi connectivity index (χ0) is 13.8. The Hall–Kier alpha value is -1.06. The molecule has 20 heavy (non-hydrogen) atoms. The number of nitrogens with one attached hydrogen (secondary N) is 2. The van der Waals surface area contributed by atoms with Crippen LogP contribution < -0.4 is 10.6 Å². The average Bonchev–Trinajstić information content (AvgIpc) is 2.39. The van der Waals surface area contributed by atoms with E-state index in [9.17, 15) is 4.79 Å². The molecule has 0 bridgehead atoms. The maximum Gasteiger partial charge on any atom is 0.227 e. The molecule has 0 radical (unpaired) electrons. The number of anilines is 1. The number of rotatable bonds is 3. The van der Waals surface area contributed by atoms with Crippen LogP contribution in [0.1, 0.15) is 45.1 Å². The molecule has 0 spiro atoms. The zero-order valence-corrected chi connectivity index (χ0v) is 13.3. The van der Waals surface area contributed by atoms with Crippen LogP contribution in [0.25, 0.3) is 0 Å². The van der Waals surface area contributed by atoms with Crippen LogP contribution >= 0.6 is 12.4 Å². The van der Waals surface area contributed by atoms with Gasteiger partial charge in [0, 0.05) is 17.6 Å². The van der Waals surface area contributed by atoms with Crippen molar-refractivity contribution in [2.45, 2.75) is 45.6 Å². The third kappa shape index (κ3) is 4.50. The molecule has 1 saturated heterocycles. The first kappa shape index (κ1) is 17.0. The van der Waals surface area contributed by atoms with Crippen molar-refractivity contribution >= 4 is 24.0 Å². The molecule has 0 aromatic heterocycles. The lowest BCUT2D eigenvalue weighted by molar-refractivity contribution is -0.120. The minimum Gasteiger partial charge on any atom is -0.326 e. The van der Waals surface area contributed by atoms with Crippen LogP contribution in [0.3, 0.4) is 0 Å². The molecule has 0 aliphatic carbocycles. The Labute approximate surface area is 127 Å². The fourth-order valence-electron chi connectivity index (χ4n) is 2.57. The first-order valence-corrected chi connectivity index (χ1v) is 7.20. The van der Waals surface area contributed by atoms with E-state index >= 15 is 0 Å². The number of halogens is 1. The highest BCUT2D eigenvalue weighted by molar-refractivity contribution is 5.92. The number of hydrogen-bond acceptors (Lipinski definition) is 2. The van der Waals surface area contributed by atoms with Gasteiger partial charge >= 0.3 is 0 Å². The van der Waals surface area contributed by atoms with Gasteiger partial charge in [0.2, 0.25) is 5.91 Å². The summed E-state index contributed by atoms with van der Waals surface area (Å²) in [5, 5.41) is 6.40. The van der Waals surface area contributed by atoms with E-state index in [1.165, 1.54) is 5.56 Å². The van der Waals surface area contributed by atoms with E-state index in [2.05, 4.69) is 43.5 Å². The minimum absolute atomic E-state index is 0. The second kappa shape index (κ2) is 7.65. The van der Waals surface area contributed by atoms with Crippen LogP contribution in [0.4, 0.5) is 5.69 Å². The highest BCUT2D eigenvalue weighted by atomic mass is 35.5. The van der Waals surface area contributed by atoms with Crippen LogP contribution in [0.5, 0.6) is 0 Å². The molecular formula is C16H25ClN2O. The molecule has 1 aromatic rings. The molecule has 1 aliphatic rings. The molecule has 4 heteroatoms. The first-order chi connectivity index (χ1) is 9.06. The minimum atomic E-state index is 0. The normalized spacial score (nSPS) is 22.2. The Morgan fingerprint density at radius 1 is 1.30 bits per heavy atom. The predicted molar refractivity (Wildman–Crippen MR) is 86.6 cm³/mol. The summed E-state index contributed by atoms with van der Waals surface area (Å²) in [5.74, 6) is 0.821. The van der Waals surface area contributed by atoms with E-state index in [0.717, 1.165) is 25.1 Å². The van der Waals surface area contributed by atoms with Crippen molar-refractivity contribution in [2.75, 3.05) is 11.9 Å². The molecule has 2 atom stereocenters. The monoisotopic (exact) mass is 296 g/mol. The van der Waals surface area contributed by atoms with Gasteiger partial charge in [-0.2, -0.15) is 0 Å². The van der Waals surface area contributed by atoms with E-state index < -0.39 is 0 Å². The van der Waals surface area contributed by atoms with Crippen molar-refractivity contribution in [1.29, 1.82) is 0 Å². The lowest BCUT2D eigenvalue weighted by Gasteiger charge is -2.27. The third-order valence-corrected chi connectivity index (χ3v) is 3.84. The quantitative estimate of drug-likeness (QED) is 0.895. The van der Waals surface area contributed by atoms with Crippen molar-refractivity contribution in [3.63, 3.8) is 0 Å². The molecule has 1 aromatic carbocycles. The molecular weight excluding hydrogens is 272 g/mol. The van der Waals surface area contributed by atoms with Gasteiger partial charge in [-0.15, -0.1) is 12.4 Å². The van der Waals surface area contributed by atoms with Gasteiger partial charge in [-0.1, -0.05) is 26.0 Å². The van der Waals surface area contributed by atoms with Gasteiger partial charge in [0.15, 0.2) is 0 Å². The number of piperidine rings is 1. The Morgan fingerprint density at radius 3 is 2.50 bits per heavy atom. The second-order valence-electron chi connectivity index (χ2n) is 5.84. The summed E-state index contributed by atoms with van der Waals surface area (Å²) in [7, 11) is 0. The van der Waals surface area contributed by atoms with Crippen molar-refractivity contribution in [2.24, 2.45) is 5.92 Å². The number of amides is 1. The molecule has 2 N–H and O–H groups in total. The Kier molecular flexibility index (Phi) is 6.50. The summed E-state index contributed by atoms with van der Waals surface area (Å²) in [6.45, 7) is 7.41. The highest BCUT2D eigenvalue weighted by Gasteiger charge is 2.24. The van der Waals surface area contributed by atoms with Crippen LogP contribution in [-0.2, 0) is 4.79 Å². The number of carbonyl (C=O) groups excluding carboxylic acids is 1. The van der Waals surface area contributed by atoms with E-state index in [1.54, 1.807) is 0 Å². The van der Waals surface area contributed by atoms with Gasteiger partial charge in [-0.25, -0.2) is 0 Å². The first-order valence-electron chi connectivity index (χ1n) is 7.20. The fourth-order valence-corrected chi connectivity index (χ4v) is 2.57. The van der Waals surface area contributed by atoms with Crippen LogP contribution in [0.15, 0.2) is 24.3 Å². The standard InChI is InChI=1S/C16H24N2O.ClH/c1-11(2)13-4-6-15(7-5-13)18-16(19)14-8-9-17-12(3)10-14;/h4-7,11-12,14,17H,8-10H2,1-3H3,(H,18,19);1H/t12-,14-;/m0./s1. The molecule has 1 heterocycles. The molecule has 112 valence electrons. The number of benzene rings is 1. The summed E-state index contributed by atoms with van der Waals surface area (Å²) in [6.07, 6.45) is 1.86. The van der Waals surface area contributed by atoms with E-state index in [1.807, 2.05) is 12.1 Å². The molecule has 0 unspecified atom stereocenters. The van der Waals surface area contributed by atoms with Gasteiger partial charge in [0.05, 0.1) is 0 Å². The number of carbonyl (C=O) groups is 1. The van der Waals surface area contributed by atoms with Gasteiger partial charge in [-0.05, 0) is 49.9 Å². The van der Waals surface area contributed by atoms with Crippen molar-refractivity contribution in [1.82, 2.24) is 5.32 Å². The van der Waals surface area contributed by atoms with Gasteiger partial charge in [0.25, 0.3) is 0 Å².